The summed E-state index contributed by atoms with van der Waals surface area (Å²) in [5, 5.41) is 3.51. The normalized spacial score (nSPS) is 27.1. The predicted molar refractivity (Wildman–Crippen MR) is 197 cm³/mol. The number of carbonyl (C=O) groups is 8. The number of ether oxygens (including phenoxy) is 10. The van der Waals surface area contributed by atoms with E-state index in [1.54, 1.807) is 12.1 Å². The molecule has 0 saturated carbocycles. The van der Waals surface area contributed by atoms with Crippen LogP contribution in [0.2, 0.25) is 0 Å². The van der Waals surface area contributed by atoms with E-state index in [2.05, 4.69) is 10.0 Å². The molecule has 4 rings (SSSR count). The lowest BCUT2D eigenvalue weighted by Gasteiger charge is -2.50. The molecule has 22 nitrogen and oxygen atoms in total. The first-order chi connectivity index (χ1) is 28.5. The van der Waals surface area contributed by atoms with Gasteiger partial charge in [-0.2, -0.15) is 0 Å². The fourth-order valence-electron chi connectivity index (χ4n) is 6.94. The van der Waals surface area contributed by atoms with Gasteiger partial charge >= 0.3 is 35.8 Å². The molecule has 3 aliphatic rings. The largest absolute Gasteiger partial charge is 0.463 e. The van der Waals surface area contributed by atoms with Crippen LogP contribution < -0.4 is 0 Å². The maximum Gasteiger partial charge on any atom is 0.303 e. The van der Waals surface area contributed by atoms with Crippen LogP contribution in [0.1, 0.15) is 87.9 Å². The van der Waals surface area contributed by atoms with Crippen LogP contribution in [0.3, 0.4) is 0 Å². The van der Waals surface area contributed by atoms with Gasteiger partial charge in [0.2, 0.25) is 0 Å². The molecular weight excluding hydrogens is 800 g/mol. The van der Waals surface area contributed by atoms with Crippen LogP contribution >= 0.6 is 0 Å². The summed E-state index contributed by atoms with van der Waals surface area (Å²) in [6.45, 7) is 5.42. The van der Waals surface area contributed by atoms with E-state index in [9.17, 15) is 38.4 Å². The molecule has 0 spiro atoms. The van der Waals surface area contributed by atoms with Gasteiger partial charge in [-0.3, -0.25) is 43.3 Å². The summed E-state index contributed by atoms with van der Waals surface area (Å²) >= 11 is 0. The molecule has 1 aromatic rings. The van der Waals surface area contributed by atoms with E-state index in [0.29, 0.717) is 32.2 Å². The number of carbonyl (C=O) groups excluding carboxylic acids is 8. The van der Waals surface area contributed by atoms with Crippen LogP contribution in [0.4, 0.5) is 0 Å². The minimum atomic E-state index is -1.87. The summed E-state index contributed by atoms with van der Waals surface area (Å²) in [6.07, 6.45) is -12.4. The Morgan fingerprint density at radius 3 is 1.65 bits per heavy atom. The van der Waals surface area contributed by atoms with Gasteiger partial charge in [-0.1, -0.05) is 30.1 Å². The second kappa shape index (κ2) is 22.1. The molecule has 0 bridgehead atoms. The molecule has 2 saturated heterocycles. The van der Waals surface area contributed by atoms with Crippen molar-refractivity contribution in [2.45, 2.75) is 129 Å². The van der Waals surface area contributed by atoms with Crippen LogP contribution in [0.25, 0.3) is 10.4 Å². The summed E-state index contributed by atoms with van der Waals surface area (Å²) in [6, 6.07) is 4.37. The van der Waals surface area contributed by atoms with Gasteiger partial charge in [-0.25, -0.2) is 0 Å². The zero-order chi connectivity index (χ0) is 44.1. The summed E-state index contributed by atoms with van der Waals surface area (Å²) in [5.41, 5.74) is 8.61. The lowest BCUT2D eigenvalue weighted by atomic mass is 9.93. The molecule has 10 atom stereocenters. The number of benzene rings is 1. The molecule has 3 heterocycles. The number of amides is 2. The van der Waals surface area contributed by atoms with Crippen LogP contribution in [0.5, 0.6) is 0 Å². The van der Waals surface area contributed by atoms with Crippen molar-refractivity contribution >= 4 is 47.6 Å². The van der Waals surface area contributed by atoms with Crippen molar-refractivity contribution in [3.05, 3.63) is 45.8 Å². The summed E-state index contributed by atoms with van der Waals surface area (Å²) in [5.74, 6) is -6.81. The monoisotopic (exact) mass is 848 g/mol. The quantitative estimate of drug-likeness (QED) is 0.0367. The molecular formula is C38H48N4O18. The van der Waals surface area contributed by atoms with Gasteiger partial charge in [0, 0.05) is 59.6 Å². The van der Waals surface area contributed by atoms with E-state index in [1.165, 1.54) is 12.1 Å². The molecule has 0 aliphatic carbocycles. The number of imide groups is 1. The zero-order valence-electron chi connectivity index (χ0n) is 33.9. The third kappa shape index (κ3) is 12.4. The average molecular weight is 849 g/mol. The van der Waals surface area contributed by atoms with Crippen molar-refractivity contribution in [1.82, 2.24) is 4.90 Å². The molecule has 0 aromatic heterocycles. The predicted octanol–water partition coefficient (Wildman–Crippen LogP) is 2.23. The third-order valence-corrected chi connectivity index (χ3v) is 9.23. The molecule has 2 fully saturated rings. The second-order valence-corrected chi connectivity index (χ2v) is 13.8. The smallest absolute Gasteiger partial charge is 0.303 e. The minimum Gasteiger partial charge on any atom is -0.463 e. The van der Waals surface area contributed by atoms with Crippen molar-refractivity contribution < 1.29 is 85.7 Å². The fourth-order valence-corrected chi connectivity index (χ4v) is 6.94. The molecule has 3 aliphatic heterocycles. The Morgan fingerprint density at radius 2 is 1.12 bits per heavy atom. The Balaban J connectivity index is 1.84. The Kier molecular flexibility index (Phi) is 17.3. The van der Waals surface area contributed by atoms with Gasteiger partial charge in [0.15, 0.2) is 37.0 Å². The highest BCUT2D eigenvalue weighted by molar-refractivity contribution is 6.21. The molecule has 60 heavy (non-hydrogen) atoms. The van der Waals surface area contributed by atoms with Gasteiger partial charge in [-0.05, 0) is 30.5 Å². The Labute approximate surface area is 343 Å². The van der Waals surface area contributed by atoms with Crippen molar-refractivity contribution in [2.75, 3.05) is 26.4 Å². The number of rotatable bonds is 19. The van der Waals surface area contributed by atoms with E-state index in [-0.39, 0.29) is 17.7 Å². The van der Waals surface area contributed by atoms with Crippen LogP contribution in [-0.2, 0) is 76.1 Å². The first-order valence-electron chi connectivity index (χ1n) is 19.0. The summed E-state index contributed by atoms with van der Waals surface area (Å²) in [7, 11) is 0. The standard InChI is InChI=1S/C38H48N4O18/c1-19(43)52-17-27-30(60-38-34(57-24(6)48)33(56-23(5)47)31(54-21(3)45)28(59-38)18-53-20(2)44)32(55-22(4)46)29(37(58-27)51-16-12-8-7-11-15-40-41-39)42-35(49)25-13-9-10-14-26(25)36(42)50/h9-10,13-14,27-34,37-38H,7-8,11-12,15-18H2,1-6H3/t27-,28-,29-,30-,31+,32-,33+,34-,37-,38+/m1/s1. The number of hydrogen-bond donors (Lipinski definition) is 0. The van der Waals surface area contributed by atoms with Gasteiger partial charge in [0.05, 0.1) is 11.1 Å². The minimum absolute atomic E-state index is 0.00977. The number of nitrogens with zero attached hydrogens (tertiary/aromatic N) is 4. The lowest BCUT2D eigenvalue weighted by molar-refractivity contribution is -0.353. The third-order valence-electron chi connectivity index (χ3n) is 9.23. The maximum absolute atomic E-state index is 14.1. The SMILES string of the molecule is CC(=O)OC[C@H]1O[C@@H](O[C@H]2[C@H](OC(C)=O)[C@@H](N3C(=O)c4ccccc4C3=O)[C@H](OCCCCCCN=[N+]=[N-])O[C@@H]2COC(C)=O)[C@H](OC(C)=O)[C@@H](OC(C)=O)[C@H]1OC(C)=O. The molecule has 1 aromatic carbocycles. The van der Waals surface area contributed by atoms with Crippen molar-refractivity contribution in [1.29, 1.82) is 0 Å². The lowest BCUT2D eigenvalue weighted by Crippen LogP contribution is -2.69. The highest BCUT2D eigenvalue weighted by Gasteiger charge is 2.60. The average Bonchev–Trinajstić information content (AvgIpc) is 3.41. The van der Waals surface area contributed by atoms with Crippen molar-refractivity contribution in [3.63, 3.8) is 0 Å². The molecule has 22 heteroatoms. The van der Waals surface area contributed by atoms with E-state index in [4.69, 9.17) is 52.9 Å². The number of unbranched alkanes of at least 4 members (excludes halogenated alkanes) is 3. The second-order valence-electron chi connectivity index (χ2n) is 13.8. The highest BCUT2D eigenvalue weighted by atomic mass is 16.8. The molecule has 328 valence electrons. The van der Waals surface area contributed by atoms with Crippen molar-refractivity contribution in [2.24, 2.45) is 5.11 Å². The number of esters is 6. The van der Waals surface area contributed by atoms with E-state index < -0.39 is 122 Å². The van der Waals surface area contributed by atoms with E-state index in [0.717, 1.165) is 46.4 Å². The molecule has 0 radical (unpaired) electrons. The molecule has 2 amide bonds. The van der Waals surface area contributed by atoms with Crippen LogP contribution in [0, 0.1) is 0 Å². The number of hydrogen-bond acceptors (Lipinski definition) is 19. The number of fused-ring (bicyclic) bond motifs is 1. The first kappa shape index (κ1) is 47.0. The summed E-state index contributed by atoms with van der Waals surface area (Å²) < 4.78 is 58.1. The zero-order valence-corrected chi connectivity index (χ0v) is 33.9. The summed E-state index contributed by atoms with van der Waals surface area (Å²) in [4.78, 5) is 106. The topological polar surface area (TPSA) is 281 Å². The first-order valence-corrected chi connectivity index (χ1v) is 19.0. The van der Waals surface area contributed by atoms with Gasteiger partial charge < -0.3 is 47.4 Å². The van der Waals surface area contributed by atoms with E-state index in [1.807, 2.05) is 0 Å². The Bertz CT molecular complexity index is 1780. The Hall–Kier alpha value is -5.67. The fraction of sp³-hybridized carbons (Fsp3) is 0.632. The highest BCUT2D eigenvalue weighted by Crippen LogP contribution is 2.38. The molecule has 0 unspecified atom stereocenters. The van der Waals surface area contributed by atoms with Crippen LogP contribution in [0.15, 0.2) is 29.4 Å². The van der Waals surface area contributed by atoms with Crippen molar-refractivity contribution in [3.8, 4) is 0 Å². The number of azide groups is 1. The Morgan fingerprint density at radius 1 is 0.633 bits per heavy atom. The maximum atomic E-state index is 14.1. The van der Waals surface area contributed by atoms with Gasteiger partial charge in [-0.15, -0.1) is 0 Å². The van der Waals surface area contributed by atoms with Gasteiger partial charge in [0.25, 0.3) is 11.8 Å². The van der Waals surface area contributed by atoms with Crippen LogP contribution in [-0.4, -0.2) is 140 Å². The van der Waals surface area contributed by atoms with E-state index >= 15 is 0 Å². The van der Waals surface area contributed by atoms with Gasteiger partial charge in [0.1, 0.15) is 37.6 Å². The molecule has 0 N–H and O–H groups in total.